The maximum absolute atomic E-state index is 13.6. The summed E-state index contributed by atoms with van der Waals surface area (Å²) in [7, 11) is 1.89. The van der Waals surface area contributed by atoms with Gasteiger partial charge in [0.2, 0.25) is 0 Å². The second kappa shape index (κ2) is 5.58. The molecule has 0 amide bonds. The Kier molecular flexibility index (Phi) is 3.42. The molecule has 7 heteroatoms. The molecular formula is C16H16FN5O. The van der Waals surface area contributed by atoms with Crippen LogP contribution >= 0.6 is 0 Å². The van der Waals surface area contributed by atoms with E-state index in [-0.39, 0.29) is 18.0 Å². The van der Waals surface area contributed by atoms with Crippen LogP contribution in [0, 0.1) is 5.82 Å². The number of anilines is 1. The standard InChI is InChI=1S/C16H16FN5O/c1-22-14(4-6-20-22)15-13(5-7-23-15)21-16-11-8-10(17)2-3-12(11)18-9-19-16/h2-4,6,8-9,13,15H,5,7H2,1H3,(H,18,19,21)/t13-,15-/m0/s1. The minimum absolute atomic E-state index is 0.0479. The van der Waals surface area contributed by atoms with Crippen LogP contribution in [0.3, 0.4) is 0 Å². The number of aryl methyl sites for hydroxylation is 1. The van der Waals surface area contributed by atoms with Gasteiger partial charge in [-0.15, -0.1) is 0 Å². The van der Waals surface area contributed by atoms with E-state index >= 15 is 0 Å². The number of fused-ring (bicyclic) bond motifs is 1. The van der Waals surface area contributed by atoms with Crippen molar-refractivity contribution in [3.8, 4) is 0 Å². The molecule has 3 heterocycles. The third-order valence-electron chi connectivity index (χ3n) is 4.16. The maximum atomic E-state index is 13.6. The first-order valence-electron chi connectivity index (χ1n) is 7.48. The second-order valence-electron chi connectivity index (χ2n) is 5.59. The fraction of sp³-hybridized carbons (Fsp3) is 0.312. The van der Waals surface area contributed by atoms with Gasteiger partial charge in [-0.3, -0.25) is 4.68 Å². The number of ether oxygens (including phenoxy) is 1. The molecule has 0 unspecified atom stereocenters. The molecule has 23 heavy (non-hydrogen) atoms. The Bertz CT molecular complexity index is 849. The average molecular weight is 313 g/mol. The predicted molar refractivity (Wildman–Crippen MR) is 83.4 cm³/mol. The highest BCUT2D eigenvalue weighted by molar-refractivity contribution is 5.88. The van der Waals surface area contributed by atoms with Crippen LogP contribution in [0.1, 0.15) is 18.2 Å². The van der Waals surface area contributed by atoms with E-state index in [1.165, 1.54) is 18.5 Å². The van der Waals surface area contributed by atoms with Gasteiger partial charge in [-0.1, -0.05) is 0 Å². The molecule has 0 radical (unpaired) electrons. The second-order valence-corrected chi connectivity index (χ2v) is 5.59. The third-order valence-corrected chi connectivity index (χ3v) is 4.16. The Morgan fingerprint density at radius 2 is 2.22 bits per heavy atom. The monoisotopic (exact) mass is 313 g/mol. The van der Waals surface area contributed by atoms with Gasteiger partial charge >= 0.3 is 0 Å². The van der Waals surface area contributed by atoms with E-state index in [9.17, 15) is 4.39 Å². The minimum Gasteiger partial charge on any atom is -0.370 e. The van der Waals surface area contributed by atoms with Crippen LogP contribution in [0.5, 0.6) is 0 Å². The molecule has 0 saturated carbocycles. The number of nitrogens with one attached hydrogen (secondary N) is 1. The van der Waals surface area contributed by atoms with Gasteiger partial charge in [-0.05, 0) is 30.7 Å². The zero-order valence-corrected chi connectivity index (χ0v) is 12.6. The van der Waals surface area contributed by atoms with Crippen molar-refractivity contribution in [2.45, 2.75) is 18.6 Å². The lowest BCUT2D eigenvalue weighted by atomic mass is 10.1. The number of hydrogen-bond acceptors (Lipinski definition) is 5. The SMILES string of the molecule is Cn1nccc1[C@H]1OCC[C@@H]1Nc1ncnc2ccc(F)cc12. The molecule has 1 N–H and O–H groups in total. The number of hydrogen-bond donors (Lipinski definition) is 1. The van der Waals surface area contributed by atoms with E-state index in [0.717, 1.165) is 12.1 Å². The fourth-order valence-corrected chi connectivity index (χ4v) is 3.01. The molecule has 0 aliphatic carbocycles. The Morgan fingerprint density at radius 3 is 3.04 bits per heavy atom. The quantitative estimate of drug-likeness (QED) is 0.804. The summed E-state index contributed by atoms with van der Waals surface area (Å²) in [6.45, 7) is 0.658. The normalized spacial score (nSPS) is 21.0. The smallest absolute Gasteiger partial charge is 0.137 e. The van der Waals surface area contributed by atoms with Crippen molar-refractivity contribution in [3.05, 3.63) is 48.3 Å². The van der Waals surface area contributed by atoms with E-state index < -0.39 is 0 Å². The lowest BCUT2D eigenvalue weighted by molar-refractivity contribution is 0.101. The highest BCUT2D eigenvalue weighted by Gasteiger charge is 2.32. The van der Waals surface area contributed by atoms with Gasteiger partial charge in [0, 0.05) is 25.2 Å². The number of benzene rings is 1. The molecule has 3 aromatic rings. The first-order valence-corrected chi connectivity index (χ1v) is 7.48. The summed E-state index contributed by atoms with van der Waals surface area (Å²) >= 11 is 0. The number of nitrogens with zero attached hydrogens (tertiary/aromatic N) is 4. The van der Waals surface area contributed by atoms with Crippen molar-refractivity contribution < 1.29 is 9.13 Å². The summed E-state index contributed by atoms with van der Waals surface area (Å²) in [6, 6.07) is 6.50. The zero-order chi connectivity index (χ0) is 15.8. The Hall–Kier alpha value is -2.54. The van der Waals surface area contributed by atoms with Crippen molar-refractivity contribution >= 4 is 16.7 Å². The fourth-order valence-electron chi connectivity index (χ4n) is 3.01. The summed E-state index contributed by atoms with van der Waals surface area (Å²) < 4.78 is 21.2. The van der Waals surface area contributed by atoms with Gasteiger partial charge in [0.1, 0.15) is 24.1 Å². The van der Waals surface area contributed by atoms with Crippen molar-refractivity contribution in [3.63, 3.8) is 0 Å². The molecule has 118 valence electrons. The predicted octanol–water partition coefficient (Wildman–Crippen LogP) is 2.44. The Labute approximate surface area is 132 Å². The van der Waals surface area contributed by atoms with Gasteiger partial charge < -0.3 is 10.1 Å². The van der Waals surface area contributed by atoms with Crippen molar-refractivity contribution in [2.75, 3.05) is 11.9 Å². The maximum Gasteiger partial charge on any atom is 0.137 e. The van der Waals surface area contributed by atoms with Gasteiger partial charge in [0.25, 0.3) is 0 Å². The lowest BCUT2D eigenvalue weighted by Crippen LogP contribution is -2.25. The highest BCUT2D eigenvalue weighted by Crippen LogP contribution is 2.32. The molecule has 0 bridgehead atoms. The molecule has 2 aromatic heterocycles. The average Bonchev–Trinajstić information content (AvgIpc) is 3.16. The molecule has 0 spiro atoms. The van der Waals surface area contributed by atoms with Crippen LogP contribution < -0.4 is 5.32 Å². The number of rotatable bonds is 3. The van der Waals surface area contributed by atoms with Crippen LogP contribution in [0.25, 0.3) is 10.9 Å². The topological polar surface area (TPSA) is 64.9 Å². The van der Waals surface area contributed by atoms with E-state index in [2.05, 4.69) is 20.4 Å². The van der Waals surface area contributed by atoms with Crippen LogP contribution in [0.15, 0.2) is 36.8 Å². The summed E-state index contributed by atoms with van der Waals surface area (Å²) in [5, 5.41) is 8.26. The molecule has 2 atom stereocenters. The zero-order valence-electron chi connectivity index (χ0n) is 12.6. The van der Waals surface area contributed by atoms with E-state index in [4.69, 9.17) is 4.74 Å². The highest BCUT2D eigenvalue weighted by atomic mass is 19.1. The van der Waals surface area contributed by atoms with Crippen molar-refractivity contribution in [1.29, 1.82) is 0 Å². The van der Waals surface area contributed by atoms with E-state index in [1.807, 2.05) is 17.8 Å². The Morgan fingerprint density at radius 1 is 1.30 bits per heavy atom. The molecule has 1 aliphatic heterocycles. The molecule has 1 fully saturated rings. The van der Waals surface area contributed by atoms with Gasteiger partial charge in [0.15, 0.2) is 0 Å². The van der Waals surface area contributed by atoms with Crippen LogP contribution in [0.2, 0.25) is 0 Å². The van der Waals surface area contributed by atoms with Crippen LogP contribution in [-0.4, -0.2) is 32.4 Å². The van der Waals surface area contributed by atoms with Gasteiger partial charge in [-0.25, -0.2) is 14.4 Å². The Balaban J connectivity index is 1.67. The molecule has 4 rings (SSSR count). The van der Waals surface area contributed by atoms with E-state index in [1.54, 1.807) is 12.3 Å². The molecule has 1 aromatic carbocycles. The van der Waals surface area contributed by atoms with Crippen molar-refractivity contribution in [1.82, 2.24) is 19.7 Å². The van der Waals surface area contributed by atoms with Crippen molar-refractivity contribution in [2.24, 2.45) is 7.05 Å². The molecule has 1 aliphatic rings. The number of halogens is 1. The number of aromatic nitrogens is 4. The molecular weight excluding hydrogens is 297 g/mol. The molecule has 1 saturated heterocycles. The lowest BCUT2D eigenvalue weighted by Gasteiger charge is -2.21. The van der Waals surface area contributed by atoms with Gasteiger partial charge in [0.05, 0.1) is 17.3 Å². The first-order chi connectivity index (χ1) is 11.2. The summed E-state index contributed by atoms with van der Waals surface area (Å²) in [5.41, 5.74) is 1.71. The first kappa shape index (κ1) is 14.1. The summed E-state index contributed by atoms with van der Waals surface area (Å²) in [4.78, 5) is 8.46. The third kappa shape index (κ3) is 2.53. The minimum atomic E-state index is -0.304. The van der Waals surface area contributed by atoms with Crippen LogP contribution in [0.4, 0.5) is 10.2 Å². The molecule has 6 nitrogen and oxygen atoms in total. The van der Waals surface area contributed by atoms with E-state index in [0.29, 0.717) is 23.3 Å². The van der Waals surface area contributed by atoms with Gasteiger partial charge in [-0.2, -0.15) is 5.10 Å². The van der Waals surface area contributed by atoms with Crippen LogP contribution in [-0.2, 0) is 11.8 Å². The largest absolute Gasteiger partial charge is 0.370 e. The summed E-state index contributed by atoms with van der Waals surface area (Å²) in [6.07, 6.45) is 3.97. The summed E-state index contributed by atoms with van der Waals surface area (Å²) in [5.74, 6) is 0.318.